The van der Waals surface area contributed by atoms with Crippen LogP contribution in [0, 0.1) is 23.2 Å². The Hall–Kier alpha value is -3.79. The summed E-state index contributed by atoms with van der Waals surface area (Å²) in [5, 5.41) is 15.6. The van der Waals surface area contributed by atoms with E-state index in [4.69, 9.17) is 5.41 Å². The third-order valence-electron chi connectivity index (χ3n) is 7.39. The van der Waals surface area contributed by atoms with Crippen LogP contribution in [0.3, 0.4) is 0 Å². The van der Waals surface area contributed by atoms with Gasteiger partial charge < -0.3 is 25.5 Å². The van der Waals surface area contributed by atoms with E-state index in [2.05, 4.69) is 30.3 Å². The molecule has 3 atom stereocenters. The van der Waals surface area contributed by atoms with Crippen molar-refractivity contribution in [1.29, 1.82) is 5.41 Å². The van der Waals surface area contributed by atoms with Crippen molar-refractivity contribution in [2.24, 2.45) is 17.8 Å². The lowest BCUT2D eigenvalue weighted by Crippen LogP contribution is -2.46. The molecule has 0 radical (unpaired) electrons. The van der Waals surface area contributed by atoms with Crippen molar-refractivity contribution < 1.29 is 49.2 Å². The molecule has 4 rings (SSSR count). The number of aromatic amines is 1. The number of alkyl halides is 8. The van der Waals surface area contributed by atoms with Gasteiger partial charge in [-0.3, -0.25) is 9.59 Å². The Morgan fingerprint density at radius 1 is 1.21 bits per heavy atom. The Balaban J connectivity index is 1.48. The van der Waals surface area contributed by atoms with E-state index in [-0.39, 0.29) is 36.5 Å². The molecule has 0 spiro atoms. The minimum Gasteiger partial charge on any atom is -0.363 e. The second-order valence-electron chi connectivity index (χ2n) is 10.4. The summed E-state index contributed by atoms with van der Waals surface area (Å²) in [6.45, 7) is -0.526. The van der Waals surface area contributed by atoms with Crippen molar-refractivity contribution >= 4 is 23.6 Å². The number of amides is 2. The standard InChI is InChI=1S/C25H26F8N6O3/c26-23(27)5-3-12(4-6-23)19(38-22(41)16-11-42-39-20(16)25(31,32)33)17-10-35-18(37-17)2-1-15(34)8-13-7-14(24(28,29)30)9-36-21(13)40/h1-2,10-14,19,34H,3-9H2,(H,35,37)(H,36,40)(H,38,41)/b2-1-,34-15?/t13?,14-,19+/m1/s1. The third-order valence-corrected chi connectivity index (χ3v) is 7.39. The molecule has 2 amide bonds. The summed E-state index contributed by atoms with van der Waals surface area (Å²) in [5.41, 5.74) is -2.41. The van der Waals surface area contributed by atoms with Crippen LogP contribution in [0.5, 0.6) is 0 Å². The van der Waals surface area contributed by atoms with Crippen molar-refractivity contribution in [2.45, 2.75) is 62.8 Å². The summed E-state index contributed by atoms with van der Waals surface area (Å²) in [6.07, 6.45) is -6.99. The number of aromatic nitrogens is 3. The average Bonchev–Trinajstić information content (AvgIpc) is 3.57. The normalized spacial score (nSPS) is 22.6. The number of H-pyrrole nitrogens is 1. The topological polar surface area (TPSA) is 137 Å². The lowest BCUT2D eigenvalue weighted by molar-refractivity contribution is -0.183. The number of halogens is 8. The van der Waals surface area contributed by atoms with Crippen molar-refractivity contribution in [3.05, 3.63) is 41.3 Å². The molecule has 2 aromatic heterocycles. The van der Waals surface area contributed by atoms with Gasteiger partial charge in [0.25, 0.3) is 5.91 Å². The maximum Gasteiger partial charge on any atom is 0.437 e. The molecule has 3 heterocycles. The molecular formula is C25H26F8N6O3. The van der Waals surface area contributed by atoms with E-state index in [0.29, 0.717) is 6.26 Å². The van der Waals surface area contributed by atoms with E-state index in [1.807, 2.05) is 0 Å². The summed E-state index contributed by atoms with van der Waals surface area (Å²) < 4.78 is 111. The Morgan fingerprint density at radius 3 is 2.55 bits per heavy atom. The number of carbonyl (C=O) groups is 2. The molecule has 1 saturated heterocycles. The van der Waals surface area contributed by atoms with Gasteiger partial charge in [-0.15, -0.1) is 0 Å². The molecule has 1 aliphatic carbocycles. The number of allylic oxidation sites excluding steroid dienone is 1. The minimum atomic E-state index is -4.98. The first-order chi connectivity index (χ1) is 19.5. The minimum absolute atomic E-state index is 0.0507. The van der Waals surface area contributed by atoms with Crippen molar-refractivity contribution in [3.8, 4) is 0 Å². The largest absolute Gasteiger partial charge is 0.437 e. The zero-order valence-corrected chi connectivity index (χ0v) is 21.7. The molecule has 2 fully saturated rings. The van der Waals surface area contributed by atoms with E-state index in [9.17, 15) is 44.7 Å². The zero-order chi connectivity index (χ0) is 30.9. The van der Waals surface area contributed by atoms with Crippen molar-refractivity contribution in [1.82, 2.24) is 25.8 Å². The van der Waals surface area contributed by atoms with Gasteiger partial charge in [-0.05, 0) is 37.3 Å². The summed E-state index contributed by atoms with van der Waals surface area (Å²) >= 11 is 0. The van der Waals surface area contributed by atoms with Crippen LogP contribution in [0.15, 0.2) is 23.1 Å². The van der Waals surface area contributed by atoms with Crippen LogP contribution in [0.1, 0.15) is 72.1 Å². The predicted octanol–water partition coefficient (Wildman–Crippen LogP) is 5.45. The molecule has 2 aromatic rings. The monoisotopic (exact) mass is 610 g/mol. The average molecular weight is 611 g/mol. The first-order valence-electron chi connectivity index (χ1n) is 12.9. The van der Waals surface area contributed by atoms with E-state index in [0.717, 1.165) is 0 Å². The molecule has 0 bridgehead atoms. The number of piperidine rings is 1. The molecule has 17 heteroatoms. The molecule has 0 aromatic carbocycles. The highest BCUT2D eigenvalue weighted by molar-refractivity contribution is 5.98. The van der Waals surface area contributed by atoms with Gasteiger partial charge in [0, 0.05) is 37.4 Å². The van der Waals surface area contributed by atoms with E-state index in [1.54, 1.807) is 0 Å². The summed E-state index contributed by atoms with van der Waals surface area (Å²) in [4.78, 5) is 31.8. The second-order valence-corrected chi connectivity index (χ2v) is 10.4. The number of hydrogen-bond acceptors (Lipinski definition) is 6. The van der Waals surface area contributed by atoms with Gasteiger partial charge in [0.2, 0.25) is 11.8 Å². The Kier molecular flexibility index (Phi) is 8.78. The molecule has 2 aliphatic rings. The van der Waals surface area contributed by atoms with E-state index < -0.39 is 90.9 Å². The van der Waals surface area contributed by atoms with E-state index in [1.165, 1.54) is 18.3 Å². The highest BCUT2D eigenvalue weighted by Crippen LogP contribution is 2.41. The van der Waals surface area contributed by atoms with Crippen LogP contribution in [-0.4, -0.2) is 51.3 Å². The Bertz CT molecular complexity index is 1320. The van der Waals surface area contributed by atoms with Crippen molar-refractivity contribution in [3.63, 3.8) is 0 Å². The molecule has 1 saturated carbocycles. The Morgan fingerprint density at radius 2 is 1.90 bits per heavy atom. The van der Waals surface area contributed by atoms with Crippen LogP contribution in [-0.2, 0) is 11.0 Å². The number of hydrogen-bond donors (Lipinski definition) is 4. The summed E-state index contributed by atoms with van der Waals surface area (Å²) in [7, 11) is 0. The molecule has 9 nitrogen and oxygen atoms in total. The molecule has 1 aliphatic heterocycles. The van der Waals surface area contributed by atoms with Gasteiger partial charge in [-0.1, -0.05) is 5.16 Å². The van der Waals surface area contributed by atoms with Gasteiger partial charge in [-0.2, -0.15) is 26.3 Å². The van der Waals surface area contributed by atoms with Gasteiger partial charge in [-0.25, -0.2) is 13.8 Å². The molecule has 1 unspecified atom stereocenters. The maximum absolute atomic E-state index is 13.8. The first-order valence-corrected chi connectivity index (χ1v) is 12.9. The smallest absolute Gasteiger partial charge is 0.363 e. The second kappa shape index (κ2) is 11.8. The third kappa shape index (κ3) is 7.53. The fourth-order valence-electron chi connectivity index (χ4n) is 5.10. The Labute approximate surface area is 233 Å². The van der Waals surface area contributed by atoms with Gasteiger partial charge in [0.1, 0.15) is 17.7 Å². The number of rotatable bonds is 8. The van der Waals surface area contributed by atoms with E-state index >= 15 is 0 Å². The lowest BCUT2D eigenvalue weighted by atomic mass is 9.81. The lowest BCUT2D eigenvalue weighted by Gasteiger charge is -2.33. The summed E-state index contributed by atoms with van der Waals surface area (Å²) in [6, 6.07) is -1.05. The first kappa shape index (κ1) is 31.2. The van der Waals surface area contributed by atoms with Crippen LogP contribution in [0.25, 0.3) is 6.08 Å². The fourth-order valence-corrected chi connectivity index (χ4v) is 5.10. The maximum atomic E-state index is 13.8. The van der Waals surface area contributed by atoms with Crippen LogP contribution < -0.4 is 10.6 Å². The van der Waals surface area contributed by atoms with Gasteiger partial charge in [0.15, 0.2) is 5.69 Å². The quantitative estimate of drug-likeness (QED) is 0.233. The van der Waals surface area contributed by atoms with Crippen LogP contribution in [0.4, 0.5) is 35.1 Å². The number of carbonyl (C=O) groups excluding carboxylic acids is 2. The molecule has 230 valence electrons. The number of nitrogens with zero attached hydrogens (tertiary/aromatic N) is 2. The highest BCUT2D eigenvalue weighted by atomic mass is 19.4. The molecule has 42 heavy (non-hydrogen) atoms. The zero-order valence-electron chi connectivity index (χ0n) is 21.7. The number of nitrogens with one attached hydrogen (secondary N) is 4. The van der Waals surface area contributed by atoms with Gasteiger partial charge in [0.05, 0.1) is 23.9 Å². The van der Waals surface area contributed by atoms with Crippen LogP contribution >= 0.6 is 0 Å². The number of imidazole rings is 1. The summed E-state index contributed by atoms with van der Waals surface area (Å²) in [5.74, 6) is -7.96. The molecule has 4 N–H and O–H groups in total. The fraction of sp³-hybridized carbons (Fsp3) is 0.560. The van der Waals surface area contributed by atoms with Crippen molar-refractivity contribution in [2.75, 3.05) is 6.54 Å². The molecular weight excluding hydrogens is 584 g/mol. The van der Waals surface area contributed by atoms with Crippen LogP contribution in [0.2, 0.25) is 0 Å². The predicted molar refractivity (Wildman–Crippen MR) is 129 cm³/mol. The highest BCUT2D eigenvalue weighted by Gasteiger charge is 2.45. The SMILES string of the molecule is N=C(/C=C\c1ncc([C@@H](NC(=O)c2conc2C(F)(F)F)C2CCC(F)(F)CC2)[nH]1)CC1C[C@@H](C(F)(F)F)CNC1=O. The van der Waals surface area contributed by atoms with Gasteiger partial charge >= 0.3 is 12.4 Å².